The molecule has 0 aromatic carbocycles. The topological polar surface area (TPSA) is 69.6 Å². The van der Waals surface area contributed by atoms with Crippen molar-refractivity contribution >= 4 is 28.6 Å². The lowest BCUT2D eigenvalue weighted by Crippen LogP contribution is -1.99. The average Bonchev–Trinajstić information content (AvgIpc) is 2.49. The third kappa shape index (κ3) is 1.39. The summed E-state index contributed by atoms with van der Waals surface area (Å²) in [7, 11) is 0. The summed E-state index contributed by atoms with van der Waals surface area (Å²) in [6.45, 7) is 2.93. The van der Waals surface area contributed by atoms with Crippen molar-refractivity contribution in [3.8, 4) is 0 Å². The minimum atomic E-state index is 0.160. The molecule has 14 heavy (non-hydrogen) atoms. The Labute approximate surface area is 85.9 Å². The van der Waals surface area contributed by atoms with Crippen LogP contribution in [0.1, 0.15) is 13.3 Å². The Kier molecular flexibility index (Phi) is 2.25. The van der Waals surface area contributed by atoms with E-state index in [9.17, 15) is 0 Å². The van der Waals surface area contributed by atoms with Gasteiger partial charge in [-0.1, -0.05) is 6.92 Å². The maximum Gasteiger partial charge on any atom is 0.226 e. The molecule has 0 atom stereocenters. The number of nitrogens with zero attached hydrogens (tertiary/aromatic N) is 4. The molecule has 2 heterocycles. The number of anilines is 1. The number of aryl methyl sites for hydroxylation is 1. The molecule has 0 aliphatic carbocycles. The van der Waals surface area contributed by atoms with Gasteiger partial charge in [-0.15, -0.1) is 0 Å². The molecular weight excluding hydrogens is 202 g/mol. The van der Waals surface area contributed by atoms with Gasteiger partial charge in [-0.05, 0) is 18.0 Å². The van der Waals surface area contributed by atoms with Crippen molar-refractivity contribution in [1.29, 1.82) is 0 Å². The van der Waals surface area contributed by atoms with E-state index in [1.807, 2.05) is 4.57 Å². The zero-order valence-corrected chi connectivity index (χ0v) is 8.49. The number of nitrogen functional groups attached to an aromatic ring is 1. The van der Waals surface area contributed by atoms with E-state index in [1.54, 1.807) is 6.33 Å². The maximum atomic E-state index is 5.71. The molecule has 0 amide bonds. The van der Waals surface area contributed by atoms with E-state index in [2.05, 4.69) is 21.9 Å². The minimum Gasteiger partial charge on any atom is -0.382 e. The molecule has 5 nitrogen and oxygen atoms in total. The largest absolute Gasteiger partial charge is 0.382 e. The molecule has 0 aliphatic rings. The Balaban J connectivity index is 2.66. The van der Waals surface area contributed by atoms with Crippen molar-refractivity contribution in [2.24, 2.45) is 0 Å². The van der Waals surface area contributed by atoms with Crippen LogP contribution in [0, 0.1) is 0 Å². The van der Waals surface area contributed by atoms with Crippen molar-refractivity contribution in [3.05, 3.63) is 11.6 Å². The van der Waals surface area contributed by atoms with E-state index in [-0.39, 0.29) is 5.28 Å². The molecular formula is C8H10ClN5. The first-order chi connectivity index (χ1) is 6.72. The SMILES string of the molecule is CCCn1cnc2c(N)nc(Cl)nc21. The van der Waals surface area contributed by atoms with Gasteiger partial charge in [0, 0.05) is 6.54 Å². The van der Waals surface area contributed by atoms with Gasteiger partial charge in [0.15, 0.2) is 11.5 Å². The Morgan fingerprint density at radius 2 is 2.29 bits per heavy atom. The fourth-order valence-corrected chi connectivity index (χ4v) is 1.51. The maximum absolute atomic E-state index is 5.71. The van der Waals surface area contributed by atoms with E-state index >= 15 is 0 Å². The Morgan fingerprint density at radius 3 is 3.00 bits per heavy atom. The summed E-state index contributed by atoms with van der Waals surface area (Å²) in [4.78, 5) is 12.1. The monoisotopic (exact) mass is 211 g/mol. The first-order valence-corrected chi connectivity index (χ1v) is 4.74. The molecule has 0 saturated carbocycles. The second kappa shape index (κ2) is 3.42. The summed E-state index contributed by atoms with van der Waals surface area (Å²) >= 11 is 5.71. The zero-order chi connectivity index (χ0) is 10.1. The molecule has 74 valence electrons. The van der Waals surface area contributed by atoms with Crippen LogP contribution in [-0.4, -0.2) is 19.5 Å². The number of halogens is 1. The van der Waals surface area contributed by atoms with Gasteiger partial charge >= 0.3 is 0 Å². The third-order valence-electron chi connectivity index (χ3n) is 1.93. The Hall–Kier alpha value is -1.36. The lowest BCUT2D eigenvalue weighted by molar-refractivity contribution is 0.691. The number of imidazole rings is 1. The van der Waals surface area contributed by atoms with Crippen LogP contribution in [0.25, 0.3) is 11.2 Å². The number of hydrogen-bond acceptors (Lipinski definition) is 4. The van der Waals surface area contributed by atoms with Crippen molar-refractivity contribution in [3.63, 3.8) is 0 Å². The van der Waals surface area contributed by atoms with Crippen molar-refractivity contribution in [2.45, 2.75) is 19.9 Å². The molecule has 2 N–H and O–H groups in total. The van der Waals surface area contributed by atoms with Crippen molar-refractivity contribution < 1.29 is 0 Å². The van der Waals surface area contributed by atoms with Gasteiger partial charge in [0.25, 0.3) is 0 Å². The van der Waals surface area contributed by atoms with E-state index in [1.165, 1.54) is 0 Å². The van der Waals surface area contributed by atoms with Crippen LogP contribution in [0.2, 0.25) is 5.28 Å². The van der Waals surface area contributed by atoms with Crippen LogP contribution < -0.4 is 5.73 Å². The predicted octanol–water partition coefficient (Wildman–Crippen LogP) is 1.47. The van der Waals surface area contributed by atoms with Crippen LogP contribution in [0.15, 0.2) is 6.33 Å². The Bertz CT molecular complexity index is 464. The lowest BCUT2D eigenvalue weighted by Gasteiger charge is -2.00. The second-order valence-electron chi connectivity index (χ2n) is 2.99. The third-order valence-corrected chi connectivity index (χ3v) is 2.10. The van der Waals surface area contributed by atoms with E-state index < -0.39 is 0 Å². The van der Waals surface area contributed by atoms with Crippen LogP contribution in [-0.2, 0) is 6.54 Å². The number of nitrogens with two attached hydrogens (primary N) is 1. The second-order valence-corrected chi connectivity index (χ2v) is 3.33. The molecule has 6 heteroatoms. The van der Waals surface area contributed by atoms with Crippen molar-refractivity contribution in [1.82, 2.24) is 19.5 Å². The van der Waals surface area contributed by atoms with Crippen LogP contribution in [0.5, 0.6) is 0 Å². The normalized spacial score (nSPS) is 11.0. The highest BCUT2D eigenvalue weighted by molar-refractivity contribution is 6.28. The zero-order valence-electron chi connectivity index (χ0n) is 7.74. The van der Waals surface area contributed by atoms with Gasteiger partial charge in [0.1, 0.15) is 5.52 Å². The minimum absolute atomic E-state index is 0.160. The first kappa shape index (κ1) is 9.21. The molecule has 0 saturated heterocycles. The molecule has 0 aliphatic heterocycles. The van der Waals surface area contributed by atoms with Gasteiger partial charge in [-0.3, -0.25) is 0 Å². The summed E-state index contributed by atoms with van der Waals surface area (Å²) in [5, 5.41) is 0.160. The molecule has 0 bridgehead atoms. The lowest BCUT2D eigenvalue weighted by atomic mass is 10.4. The number of fused-ring (bicyclic) bond motifs is 1. The summed E-state index contributed by atoms with van der Waals surface area (Å²) in [6, 6.07) is 0. The van der Waals surface area contributed by atoms with E-state index in [0.717, 1.165) is 13.0 Å². The van der Waals surface area contributed by atoms with Crippen molar-refractivity contribution in [2.75, 3.05) is 5.73 Å². The van der Waals surface area contributed by atoms with E-state index in [0.29, 0.717) is 17.0 Å². The standard InChI is InChI=1S/C8H10ClN5/c1-2-3-14-4-11-5-6(10)12-8(9)13-7(5)14/h4H,2-3H2,1H3,(H2,10,12,13). The molecule has 0 unspecified atom stereocenters. The average molecular weight is 212 g/mol. The fourth-order valence-electron chi connectivity index (χ4n) is 1.34. The van der Waals surface area contributed by atoms with Gasteiger partial charge in [-0.25, -0.2) is 4.98 Å². The van der Waals surface area contributed by atoms with Gasteiger partial charge in [-0.2, -0.15) is 9.97 Å². The van der Waals surface area contributed by atoms with Crippen LogP contribution in [0.4, 0.5) is 5.82 Å². The highest BCUT2D eigenvalue weighted by atomic mass is 35.5. The number of hydrogen-bond donors (Lipinski definition) is 1. The summed E-state index contributed by atoms with van der Waals surface area (Å²) in [5.41, 5.74) is 6.97. The van der Waals surface area contributed by atoms with Gasteiger partial charge in [0.2, 0.25) is 5.28 Å². The quantitative estimate of drug-likeness (QED) is 0.764. The smallest absolute Gasteiger partial charge is 0.226 e. The van der Waals surface area contributed by atoms with Crippen LogP contribution >= 0.6 is 11.6 Å². The molecule has 0 fully saturated rings. The summed E-state index contributed by atoms with van der Waals surface area (Å²) in [5.74, 6) is 0.329. The van der Waals surface area contributed by atoms with Gasteiger partial charge in [0.05, 0.1) is 6.33 Å². The first-order valence-electron chi connectivity index (χ1n) is 4.36. The fraction of sp³-hybridized carbons (Fsp3) is 0.375. The number of rotatable bonds is 2. The van der Waals surface area contributed by atoms with E-state index in [4.69, 9.17) is 17.3 Å². The highest BCUT2D eigenvalue weighted by Crippen LogP contribution is 2.17. The summed E-state index contributed by atoms with van der Waals surface area (Å²) < 4.78 is 1.92. The predicted molar refractivity (Wildman–Crippen MR) is 55.0 cm³/mol. The molecule has 2 aromatic rings. The molecule has 0 spiro atoms. The van der Waals surface area contributed by atoms with Crippen LogP contribution in [0.3, 0.4) is 0 Å². The number of aromatic nitrogens is 4. The molecule has 2 aromatic heterocycles. The van der Waals surface area contributed by atoms with Gasteiger partial charge < -0.3 is 10.3 Å². The highest BCUT2D eigenvalue weighted by Gasteiger charge is 2.09. The Morgan fingerprint density at radius 1 is 1.50 bits per heavy atom. The molecule has 0 radical (unpaired) electrons. The molecule has 2 rings (SSSR count). The summed E-state index contributed by atoms with van der Waals surface area (Å²) in [6.07, 6.45) is 2.71.